The van der Waals surface area contributed by atoms with Gasteiger partial charge in [0.15, 0.2) is 0 Å². The molecule has 0 aromatic rings. The first-order valence-corrected chi connectivity index (χ1v) is 11.9. The lowest BCUT2D eigenvalue weighted by atomic mass is 9.45. The molecular formula is C23H36N6O5. The van der Waals surface area contributed by atoms with Crippen LogP contribution in [-0.2, 0) is 0 Å². The van der Waals surface area contributed by atoms with Crippen molar-refractivity contribution in [2.24, 2.45) is 50.3 Å². The number of nitrogens with zero attached hydrogens (tertiary/aromatic N) is 2. The maximum absolute atomic E-state index is 11.8. The Morgan fingerprint density at radius 2 is 1.85 bits per heavy atom. The Labute approximate surface area is 198 Å². The van der Waals surface area contributed by atoms with E-state index in [-0.39, 0.29) is 28.9 Å². The average Bonchev–Trinajstić information content (AvgIpc) is 3.03. The number of aliphatic hydroxyl groups is 3. The minimum absolute atomic E-state index is 0.0248. The van der Waals surface area contributed by atoms with E-state index in [0.29, 0.717) is 19.3 Å². The van der Waals surface area contributed by atoms with Crippen LogP contribution in [0.25, 0.3) is 0 Å². The molecule has 3 saturated carbocycles. The molecule has 11 heteroatoms. The van der Waals surface area contributed by atoms with Crippen molar-refractivity contribution in [3.8, 4) is 0 Å². The minimum Gasteiger partial charge on any atom is -0.393 e. The average molecular weight is 477 g/mol. The van der Waals surface area contributed by atoms with Crippen LogP contribution in [0.3, 0.4) is 0 Å². The summed E-state index contributed by atoms with van der Waals surface area (Å²) in [4.78, 5) is 22.2. The summed E-state index contributed by atoms with van der Waals surface area (Å²) < 4.78 is 0. The summed E-state index contributed by atoms with van der Waals surface area (Å²) in [6.45, 7) is 3.65. The Hall–Kier alpha value is -2.50. The zero-order chi connectivity index (χ0) is 24.9. The van der Waals surface area contributed by atoms with Crippen LogP contribution in [0.1, 0.15) is 58.8 Å². The number of carbonyl (C=O) groups excluding carboxylic acids is 2. The topological polar surface area (TPSA) is 196 Å². The number of carbonyl (C=O) groups is 2. The number of rotatable bonds is 4. The number of hydrogen-bond acceptors (Lipinski definition) is 7. The van der Waals surface area contributed by atoms with Gasteiger partial charge in [-0.25, -0.2) is 20.4 Å². The molecule has 34 heavy (non-hydrogen) atoms. The Kier molecular flexibility index (Phi) is 6.24. The van der Waals surface area contributed by atoms with Gasteiger partial charge >= 0.3 is 12.1 Å². The van der Waals surface area contributed by atoms with Gasteiger partial charge in [0.2, 0.25) is 0 Å². The van der Waals surface area contributed by atoms with Gasteiger partial charge in [-0.05, 0) is 74.2 Å². The van der Waals surface area contributed by atoms with Crippen LogP contribution in [0.4, 0.5) is 9.59 Å². The fraction of sp³-hybridized carbons (Fsp3) is 0.739. The van der Waals surface area contributed by atoms with Crippen LogP contribution in [0.15, 0.2) is 21.9 Å². The summed E-state index contributed by atoms with van der Waals surface area (Å²) in [6.07, 6.45) is 6.04. The number of nitrogens with one attached hydrogen (secondary N) is 2. The second-order valence-electron chi connectivity index (χ2n) is 10.8. The largest absolute Gasteiger partial charge is 0.393 e. The summed E-state index contributed by atoms with van der Waals surface area (Å²) in [7, 11) is 0. The Balaban J connectivity index is 1.65. The third kappa shape index (κ3) is 3.70. The highest BCUT2D eigenvalue weighted by Gasteiger charge is 2.67. The van der Waals surface area contributed by atoms with Crippen LogP contribution in [0.2, 0.25) is 0 Å². The molecule has 11 nitrogen and oxygen atoms in total. The molecule has 188 valence electrons. The van der Waals surface area contributed by atoms with Crippen LogP contribution in [0.5, 0.6) is 0 Å². The summed E-state index contributed by atoms with van der Waals surface area (Å²) in [5.74, 6) is 0.342. The number of nitrogens with two attached hydrogens (primary N) is 2. The summed E-state index contributed by atoms with van der Waals surface area (Å²) >= 11 is 0. The molecule has 4 aliphatic carbocycles. The van der Waals surface area contributed by atoms with Crippen molar-refractivity contribution in [1.82, 2.24) is 10.9 Å². The van der Waals surface area contributed by atoms with Crippen molar-refractivity contribution in [3.63, 3.8) is 0 Å². The quantitative estimate of drug-likeness (QED) is 0.231. The van der Waals surface area contributed by atoms with E-state index < -0.39 is 35.8 Å². The molecule has 0 radical (unpaired) electrons. The van der Waals surface area contributed by atoms with Gasteiger partial charge in [0.25, 0.3) is 0 Å². The maximum atomic E-state index is 11.8. The molecule has 0 heterocycles. The fourth-order valence-electron chi connectivity index (χ4n) is 7.77. The highest BCUT2D eigenvalue weighted by atomic mass is 16.3. The molecule has 0 aromatic heterocycles. The Bertz CT molecular complexity index is 965. The molecule has 0 unspecified atom stereocenters. The second kappa shape index (κ2) is 8.62. The van der Waals surface area contributed by atoms with Crippen LogP contribution >= 0.6 is 0 Å². The molecule has 0 aliphatic heterocycles. The number of hydrogen-bond donors (Lipinski definition) is 7. The van der Waals surface area contributed by atoms with E-state index in [4.69, 9.17) is 11.5 Å². The molecule has 9 N–H and O–H groups in total. The van der Waals surface area contributed by atoms with Gasteiger partial charge in [-0.1, -0.05) is 19.4 Å². The van der Waals surface area contributed by atoms with E-state index in [9.17, 15) is 24.9 Å². The monoisotopic (exact) mass is 476 g/mol. The second-order valence-corrected chi connectivity index (χ2v) is 10.8. The smallest absolute Gasteiger partial charge is 0.332 e. The standard InChI is InChI=1S/C23H36N6O5/c1-21-7-5-13(26-28-19(24)32)9-12(21)3-4-14-15-6-8-23(34,17(11-30)27-29-20(25)33)22(15,2)10-16(31)18(14)21/h9,14-16,18,30-31,34H,3-8,10-11H2,1-2H3,(H3,24,28,32)(H3,25,29,33)/b26-13+,27-17+/t14-,15-,16-,18+,21-,22-,23-/m0/s1. The number of hydrazone groups is 2. The van der Waals surface area contributed by atoms with Gasteiger partial charge < -0.3 is 26.8 Å². The minimum atomic E-state index is -1.45. The highest BCUT2D eigenvalue weighted by Crippen LogP contribution is 2.67. The number of aliphatic hydroxyl groups excluding tert-OH is 2. The number of urea groups is 2. The lowest BCUT2D eigenvalue weighted by Crippen LogP contribution is -2.62. The molecule has 7 atom stereocenters. The van der Waals surface area contributed by atoms with Gasteiger partial charge in [0.1, 0.15) is 5.60 Å². The molecule has 4 aliphatic rings. The zero-order valence-corrected chi connectivity index (χ0v) is 19.8. The lowest BCUT2D eigenvalue weighted by molar-refractivity contribution is -0.151. The number of fused-ring (bicyclic) bond motifs is 5. The highest BCUT2D eigenvalue weighted by molar-refractivity contribution is 5.97. The van der Waals surface area contributed by atoms with Gasteiger partial charge in [-0.3, -0.25) is 0 Å². The van der Waals surface area contributed by atoms with Crippen molar-refractivity contribution in [1.29, 1.82) is 0 Å². The Morgan fingerprint density at radius 1 is 1.15 bits per heavy atom. The summed E-state index contributed by atoms with van der Waals surface area (Å²) in [5.41, 5.74) is 14.4. The molecule has 3 fully saturated rings. The summed E-state index contributed by atoms with van der Waals surface area (Å²) in [5, 5.41) is 41.3. The van der Waals surface area contributed by atoms with E-state index in [0.717, 1.165) is 31.4 Å². The first-order chi connectivity index (χ1) is 16.0. The molecule has 0 aromatic carbocycles. The van der Waals surface area contributed by atoms with E-state index in [2.05, 4.69) is 28.0 Å². The van der Waals surface area contributed by atoms with Gasteiger partial charge in [0.05, 0.1) is 24.1 Å². The normalized spacial score (nSPS) is 42.8. The predicted octanol–water partition coefficient (Wildman–Crippen LogP) is 0.692. The van der Waals surface area contributed by atoms with Crippen LogP contribution < -0.4 is 22.3 Å². The van der Waals surface area contributed by atoms with Gasteiger partial charge in [-0.15, -0.1) is 0 Å². The first-order valence-electron chi connectivity index (χ1n) is 11.9. The van der Waals surface area contributed by atoms with E-state index in [1.54, 1.807) is 0 Å². The molecule has 0 bridgehead atoms. The van der Waals surface area contributed by atoms with Gasteiger partial charge in [0, 0.05) is 5.41 Å². The predicted molar refractivity (Wildman–Crippen MR) is 125 cm³/mol. The first kappa shape index (κ1) is 24.6. The number of primary amides is 2. The fourth-order valence-corrected chi connectivity index (χ4v) is 7.77. The van der Waals surface area contributed by atoms with Crippen molar-refractivity contribution in [2.45, 2.75) is 70.5 Å². The SMILES string of the molecule is C[C@]12CC/C(=N\NC(N)=O)C=C1CC[C@@H]1[C@@H]2[C@@H](O)C[C@@]2(C)[C@H]1CC[C@]2(O)/C(CO)=N/NC(N)=O. The van der Waals surface area contributed by atoms with E-state index in [1.807, 2.05) is 13.0 Å². The zero-order valence-electron chi connectivity index (χ0n) is 19.8. The van der Waals surface area contributed by atoms with Crippen molar-refractivity contribution < 1.29 is 24.9 Å². The van der Waals surface area contributed by atoms with E-state index >= 15 is 0 Å². The van der Waals surface area contributed by atoms with Crippen LogP contribution in [0, 0.1) is 28.6 Å². The van der Waals surface area contributed by atoms with Crippen molar-refractivity contribution in [3.05, 3.63) is 11.6 Å². The molecule has 4 amide bonds. The van der Waals surface area contributed by atoms with Crippen molar-refractivity contribution >= 4 is 23.5 Å². The van der Waals surface area contributed by atoms with Gasteiger partial charge in [-0.2, -0.15) is 10.2 Å². The van der Waals surface area contributed by atoms with Crippen LogP contribution in [-0.4, -0.2) is 57.1 Å². The van der Waals surface area contributed by atoms with E-state index in [1.165, 1.54) is 5.57 Å². The molecular weight excluding hydrogens is 440 g/mol. The van der Waals surface area contributed by atoms with Crippen molar-refractivity contribution in [2.75, 3.05) is 6.61 Å². The third-order valence-electron chi connectivity index (χ3n) is 9.30. The molecule has 0 saturated heterocycles. The lowest BCUT2D eigenvalue weighted by Gasteiger charge is -2.60. The third-order valence-corrected chi connectivity index (χ3v) is 9.30. The number of amides is 4. The number of allylic oxidation sites excluding steroid dienone is 2. The molecule has 0 spiro atoms. The summed E-state index contributed by atoms with van der Waals surface area (Å²) in [6, 6.07) is -1.57. The maximum Gasteiger partial charge on any atom is 0.332 e. The molecule has 4 rings (SSSR count). The Morgan fingerprint density at radius 3 is 2.50 bits per heavy atom.